The Bertz CT molecular complexity index is 1230. The number of halogens is 1. The summed E-state index contributed by atoms with van der Waals surface area (Å²) in [6.07, 6.45) is 3.33. The first kappa shape index (κ1) is 23.8. The predicted octanol–water partition coefficient (Wildman–Crippen LogP) is 4.60. The molecule has 1 saturated carbocycles. The molecule has 0 aliphatic heterocycles. The van der Waals surface area contributed by atoms with E-state index in [1.165, 1.54) is 15.9 Å². The van der Waals surface area contributed by atoms with Crippen LogP contribution in [0.2, 0.25) is 5.02 Å². The third kappa shape index (κ3) is 4.94. The number of aromatic nitrogens is 2. The highest BCUT2D eigenvalue weighted by Crippen LogP contribution is 2.31. The Labute approximate surface area is 202 Å². The highest BCUT2D eigenvalue weighted by Gasteiger charge is 2.29. The van der Waals surface area contributed by atoms with E-state index in [2.05, 4.69) is 0 Å². The number of benzene rings is 1. The van der Waals surface area contributed by atoms with E-state index in [4.69, 9.17) is 11.6 Å². The topological polar surface area (TPSA) is 64.3 Å². The van der Waals surface area contributed by atoms with Crippen LogP contribution in [0.5, 0.6) is 0 Å². The van der Waals surface area contributed by atoms with Gasteiger partial charge in [0.2, 0.25) is 5.91 Å². The van der Waals surface area contributed by atoms with Crippen molar-refractivity contribution < 1.29 is 4.79 Å². The number of amides is 1. The van der Waals surface area contributed by atoms with Crippen LogP contribution in [0, 0.1) is 11.8 Å². The summed E-state index contributed by atoms with van der Waals surface area (Å²) in [6.45, 7) is 6.27. The van der Waals surface area contributed by atoms with E-state index in [1.54, 1.807) is 16.7 Å². The van der Waals surface area contributed by atoms with E-state index in [-0.39, 0.29) is 29.0 Å². The Balaban J connectivity index is 1.56. The number of nitrogens with zero attached hydrogens (tertiary/aromatic N) is 3. The molecule has 33 heavy (non-hydrogen) atoms. The number of carbonyl (C=O) groups excluding carboxylic acids is 1. The fourth-order valence-electron chi connectivity index (χ4n) is 4.86. The molecule has 1 amide bonds. The summed E-state index contributed by atoms with van der Waals surface area (Å²) in [5.41, 5.74) is 1.14. The molecule has 8 heteroatoms. The maximum Gasteiger partial charge on any atom is 0.331 e. The van der Waals surface area contributed by atoms with E-state index < -0.39 is 0 Å². The van der Waals surface area contributed by atoms with Crippen LogP contribution < -0.4 is 11.2 Å². The molecular weight excluding hydrogens is 458 g/mol. The summed E-state index contributed by atoms with van der Waals surface area (Å²) >= 11 is 7.38. The number of fused-ring (bicyclic) bond motifs is 1. The van der Waals surface area contributed by atoms with Crippen molar-refractivity contribution in [2.45, 2.75) is 52.6 Å². The molecule has 0 N–H and O–H groups in total. The minimum atomic E-state index is -0.276. The minimum absolute atomic E-state index is 0.0548. The number of rotatable bonds is 7. The largest absolute Gasteiger partial charge is 0.343 e. The highest BCUT2D eigenvalue weighted by molar-refractivity contribution is 7.17. The first-order valence-electron chi connectivity index (χ1n) is 11.7. The fourth-order valence-corrected chi connectivity index (χ4v) is 5.83. The summed E-state index contributed by atoms with van der Waals surface area (Å²) in [5, 5.41) is 2.50. The van der Waals surface area contributed by atoms with E-state index >= 15 is 0 Å². The molecule has 1 fully saturated rings. The normalized spacial score (nSPS) is 18.5. The van der Waals surface area contributed by atoms with E-state index in [9.17, 15) is 14.4 Å². The zero-order valence-electron chi connectivity index (χ0n) is 19.1. The van der Waals surface area contributed by atoms with Gasteiger partial charge in [-0.05, 0) is 74.6 Å². The zero-order chi connectivity index (χ0) is 23.5. The Hall–Kier alpha value is -2.38. The number of hydrogen-bond acceptors (Lipinski definition) is 4. The first-order valence-corrected chi connectivity index (χ1v) is 12.9. The van der Waals surface area contributed by atoms with Crippen molar-refractivity contribution in [1.82, 2.24) is 14.0 Å². The predicted molar refractivity (Wildman–Crippen MR) is 134 cm³/mol. The van der Waals surface area contributed by atoms with Gasteiger partial charge in [0, 0.05) is 30.6 Å². The van der Waals surface area contributed by atoms with Gasteiger partial charge < -0.3 is 4.90 Å². The van der Waals surface area contributed by atoms with E-state index in [1.807, 2.05) is 42.3 Å². The number of hydrogen-bond donors (Lipinski definition) is 0. The fraction of sp³-hybridized carbons (Fsp3) is 0.480. The molecule has 6 nitrogen and oxygen atoms in total. The lowest BCUT2D eigenvalue weighted by Crippen LogP contribution is -2.42. The SMILES string of the molecule is CCN(CC)C(=O)C1CCC(Cn2c(=O)c3sccc3n(Cc3ccc(Cl)cc3)c2=O)CC1. The van der Waals surface area contributed by atoms with Gasteiger partial charge in [0.1, 0.15) is 4.70 Å². The summed E-state index contributed by atoms with van der Waals surface area (Å²) < 4.78 is 3.70. The molecule has 0 atom stereocenters. The van der Waals surface area contributed by atoms with Crippen LogP contribution in [0.4, 0.5) is 0 Å². The van der Waals surface area contributed by atoms with E-state index in [0.29, 0.717) is 28.3 Å². The minimum Gasteiger partial charge on any atom is -0.343 e. The standard InChI is InChI=1S/C25H30ClN3O3S/c1-3-27(4-2)23(30)19-9-5-17(6-10-19)16-29-24(31)22-21(13-14-33-22)28(25(29)32)15-18-7-11-20(26)12-8-18/h7-8,11-14,17,19H,3-6,9-10,15-16H2,1-2H3. The summed E-state index contributed by atoms with van der Waals surface area (Å²) in [7, 11) is 0. The van der Waals surface area contributed by atoms with Crippen molar-refractivity contribution >= 4 is 39.1 Å². The third-order valence-corrected chi connectivity index (χ3v) is 7.95. The van der Waals surface area contributed by atoms with Crippen molar-refractivity contribution in [3.8, 4) is 0 Å². The van der Waals surface area contributed by atoms with Gasteiger partial charge in [-0.15, -0.1) is 11.3 Å². The molecule has 1 aliphatic carbocycles. The van der Waals surface area contributed by atoms with Crippen LogP contribution in [-0.2, 0) is 17.9 Å². The van der Waals surface area contributed by atoms with Gasteiger partial charge in [0.15, 0.2) is 0 Å². The van der Waals surface area contributed by atoms with Crippen molar-refractivity contribution in [1.29, 1.82) is 0 Å². The average Bonchev–Trinajstić information content (AvgIpc) is 3.32. The maximum atomic E-state index is 13.4. The van der Waals surface area contributed by atoms with Gasteiger partial charge in [-0.2, -0.15) is 0 Å². The number of carbonyl (C=O) groups is 1. The van der Waals surface area contributed by atoms with Gasteiger partial charge in [0.05, 0.1) is 12.1 Å². The van der Waals surface area contributed by atoms with Crippen molar-refractivity contribution in [2.24, 2.45) is 11.8 Å². The summed E-state index contributed by atoms with van der Waals surface area (Å²) in [6, 6.07) is 9.25. The van der Waals surface area contributed by atoms with E-state index in [0.717, 1.165) is 44.3 Å². The second-order valence-corrected chi connectivity index (χ2v) is 10.1. The van der Waals surface area contributed by atoms with Crippen molar-refractivity contribution in [3.05, 3.63) is 67.1 Å². The van der Waals surface area contributed by atoms with Crippen LogP contribution in [0.25, 0.3) is 10.2 Å². The van der Waals surface area contributed by atoms with Gasteiger partial charge in [-0.1, -0.05) is 23.7 Å². The Kier molecular flexibility index (Phi) is 7.39. The molecule has 3 aromatic rings. The molecule has 2 aromatic heterocycles. The summed E-state index contributed by atoms with van der Waals surface area (Å²) in [4.78, 5) is 41.2. The molecule has 1 aliphatic rings. The van der Waals surface area contributed by atoms with Crippen molar-refractivity contribution in [2.75, 3.05) is 13.1 Å². The van der Waals surface area contributed by atoms with Gasteiger partial charge >= 0.3 is 5.69 Å². The quantitative estimate of drug-likeness (QED) is 0.489. The molecule has 0 bridgehead atoms. The molecule has 2 heterocycles. The van der Waals surface area contributed by atoms with Gasteiger partial charge in [0.25, 0.3) is 5.56 Å². The second-order valence-electron chi connectivity index (χ2n) is 8.77. The summed E-state index contributed by atoms with van der Waals surface area (Å²) in [5.74, 6) is 0.512. The maximum absolute atomic E-state index is 13.4. The molecule has 0 spiro atoms. The monoisotopic (exact) mass is 487 g/mol. The van der Waals surface area contributed by atoms with Crippen molar-refractivity contribution in [3.63, 3.8) is 0 Å². The molecule has 0 radical (unpaired) electrons. The van der Waals surface area contributed by atoms with Crippen LogP contribution in [-0.4, -0.2) is 33.0 Å². The lowest BCUT2D eigenvalue weighted by Gasteiger charge is -2.31. The Morgan fingerprint density at radius 1 is 1.03 bits per heavy atom. The molecule has 0 unspecified atom stereocenters. The second kappa shape index (κ2) is 10.3. The third-order valence-electron chi connectivity index (χ3n) is 6.80. The lowest BCUT2D eigenvalue weighted by molar-refractivity contribution is -0.136. The van der Waals surface area contributed by atoms with Gasteiger partial charge in [-0.3, -0.25) is 18.7 Å². The highest BCUT2D eigenvalue weighted by atomic mass is 35.5. The average molecular weight is 488 g/mol. The van der Waals surface area contributed by atoms with Crippen LogP contribution in [0.1, 0.15) is 45.1 Å². The van der Waals surface area contributed by atoms with Gasteiger partial charge in [-0.25, -0.2) is 4.79 Å². The molecule has 0 saturated heterocycles. The zero-order valence-corrected chi connectivity index (χ0v) is 20.7. The first-order chi connectivity index (χ1) is 15.9. The van der Waals surface area contributed by atoms with Crippen LogP contribution in [0.15, 0.2) is 45.3 Å². The Morgan fingerprint density at radius 3 is 2.33 bits per heavy atom. The molecule has 176 valence electrons. The van der Waals surface area contributed by atoms with Crippen LogP contribution >= 0.6 is 22.9 Å². The molecular formula is C25H30ClN3O3S. The number of thiophene rings is 1. The Morgan fingerprint density at radius 2 is 1.70 bits per heavy atom. The van der Waals surface area contributed by atoms with Crippen LogP contribution in [0.3, 0.4) is 0 Å². The smallest absolute Gasteiger partial charge is 0.331 e. The lowest BCUT2D eigenvalue weighted by atomic mass is 9.81. The molecule has 4 rings (SSSR count). The molecule has 1 aromatic carbocycles.